The number of carbonyl (C=O) groups is 1. The third-order valence-corrected chi connectivity index (χ3v) is 5.19. The van der Waals surface area contributed by atoms with E-state index in [0.29, 0.717) is 35.3 Å². The van der Waals surface area contributed by atoms with Crippen molar-refractivity contribution in [1.82, 2.24) is 4.57 Å². The molecule has 0 saturated carbocycles. The lowest BCUT2D eigenvalue weighted by atomic mass is 10.2. The smallest absolute Gasteiger partial charge is 0.286 e. The molecule has 0 aliphatic heterocycles. The molecule has 142 valence electrons. The summed E-state index contributed by atoms with van der Waals surface area (Å²) in [6, 6.07) is 13.2. The molecular formula is C20H21ClN2O3S. The first kappa shape index (κ1) is 19.6. The molecule has 1 heterocycles. The van der Waals surface area contributed by atoms with Gasteiger partial charge >= 0.3 is 0 Å². The van der Waals surface area contributed by atoms with E-state index in [1.165, 1.54) is 11.3 Å². The van der Waals surface area contributed by atoms with Crippen LogP contribution in [0.3, 0.4) is 0 Å². The molecule has 0 saturated heterocycles. The maximum atomic E-state index is 12.3. The summed E-state index contributed by atoms with van der Waals surface area (Å²) in [6.45, 7) is 5.65. The van der Waals surface area contributed by atoms with Gasteiger partial charge in [-0.15, -0.1) is 0 Å². The first-order valence-electron chi connectivity index (χ1n) is 8.70. The molecule has 7 heteroatoms. The molecule has 0 bridgehead atoms. The van der Waals surface area contributed by atoms with Crippen molar-refractivity contribution in [2.45, 2.75) is 20.4 Å². The van der Waals surface area contributed by atoms with Crippen LogP contribution in [0.1, 0.15) is 12.5 Å². The molecular weight excluding hydrogens is 384 g/mol. The predicted molar refractivity (Wildman–Crippen MR) is 109 cm³/mol. The van der Waals surface area contributed by atoms with Gasteiger partial charge in [-0.1, -0.05) is 40.6 Å². The molecule has 3 rings (SSSR count). The number of thiazole rings is 1. The predicted octanol–water partition coefficient (Wildman–Crippen LogP) is 4.21. The summed E-state index contributed by atoms with van der Waals surface area (Å²) >= 11 is 7.52. The zero-order chi connectivity index (χ0) is 19.2. The van der Waals surface area contributed by atoms with Crippen molar-refractivity contribution < 1.29 is 14.3 Å². The van der Waals surface area contributed by atoms with E-state index in [0.717, 1.165) is 15.8 Å². The van der Waals surface area contributed by atoms with Crippen molar-refractivity contribution in [3.05, 3.63) is 57.9 Å². The summed E-state index contributed by atoms with van der Waals surface area (Å²) < 4.78 is 14.0. The Labute approximate surface area is 166 Å². The van der Waals surface area contributed by atoms with Crippen molar-refractivity contribution in [3.63, 3.8) is 0 Å². The monoisotopic (exact) mass is 404 g/mol. The molecule has 3 aromatic rings. The second kappa shape index (κ2) is 9.17. The maximum Gasteiger partial charge on any atom is 0.286 e. The molecule has 0 aliphatic rings. The van der Waals surface area contributed by atoms with Crippen LogP contribution in [0, 0.1) is 6.92 Å². The molecule has 5 nitrogen and oxygen atoms in total. The molecule has 0 N–H and O–H groups in total. The Morgan fingerprint density at radius 1 is 1.22 bits per heavy atom. The number of aryl methyl sites for hydroxylation is 1. The molecule has 0 unspecified atom stereocenters. The van der Waals surface area contributed by atoms with Crippen molar-refractivity contribution >= 4 is 39.1 Å². The molecule has 1 aromatic heterocycles. The maximum absolute atomic E-state index is 12.3. The van der Waals surface area contributed by atoms with E-state index in [1.54, 1.807) is 0 Å². The fourth-order valence-corrected chi connectivity index (χ4v) is 3.92. The van der Waals surface area contributed by atoms with Gasteiger partial charge < -0.3 is 14.0 Å². The number of amides is 1. The number of ether oxygens (including phenoxy) is 2. The molecule has 0 aliphatic carbocycles. The number of benzene rings is 2. The molecule has 1 amide bonds. The molecule has 0 fully saturated rings. The van der Waals surface area contributed by atoms with Crippen LogP contribution in [0.15, 0.2) is 47.5 Å². The number of fused-ring (bicyclic) bond motifs is 1. The van der Waals surface area contributed by atoms with E-state index in [9.17, 15) is 4.79 Å². The average molecular weight is 405 g/mol. The number of carbonyl (C=O) groups excluding carboxylic acids is 1. The summed E-state index contributed by atoms with van der Waals surface area (Å²) in [5, 5.41) is 0.654. The van der Waals surface area contributed by atoms with Gasteiger partial charge in [-0.3, -0.25) is 4.79 Å². The Kier molecular flexibility index (Phi) is 6.66. The largest absolute Gasteiger partial charge is 0.484 e. The number of nitrogens with zero attached hydrogens (tertiary/aromatic N) is 2. The third kappa shape index (κ3) is 5.19. The first-order chi connectivity index (χ1) is 13.1. The normalized spacial score (nSPS) is 11.9. The summed E-state index contributed by atoms with van der Waals surface area (Å²) in [4.78, 5) is 17.2. The zero-order valence-electron chi connectivity index (χ0n) is 15.3. The lowest BCUT2D eigenvalue weighted by Gasteiger charge is -2.06. The van der Waals surface area contributed by atoms with Crippen LogP contribution in [0.25, 0.3) is 10.2 Å². The summed E-state index contributed by atoms with van der Waals surface area (Å²) in [7, 11) is 0. The van der Waals surface area contributed by atoms with Crippen LogP contribution < -0.4 is 9.54 Å². The van der Waals surface area contributed by atoms with Crippen LogP contribution >= 0.6 is 22.9 Å². The Morgan fingerprint density at radius 2 is 2.00 bits per heavy atom. The highest BCUT2D eigenvalue weighted by molar-refractivity contribution is 7.16. The lowest BCUT2D eigenvalue weighted by molar-refractivity contribution is -0.120. The van der Waals surface area contributed by atoms with Crippen molar-refractivity contribution in [3.8, 4) is 5.75 Å². The van der Waals surface area contributed by atoms with E-state index in [2.05, 4.69) is 4.99 Å². The zero-order valence-corrected chi connectivity index (χ0v) is 16.8. The summed E-state index contributed by atoms with van der Waals surface area (Å²) in [5.74, 6) is 0.315. The topological polar surface area (TPSA) is 52.8 Å². The second-order valence-electron chi connectivity index (χ2n) is 5.95. The number of hydrogen-bond acceptors (Lipinski definition) is 4. The van der Waals surface area contributed by atoms with Gasteiger partial charge in [0.15, 0.2) is 11.4 Å². The van der Waals surface area contributed by atoms with E-state index < -0.39 is 0 Å². The van der Waals surface area contributed by atoms with Gasteiger partial charge in [0, 0.05) is 18.2 Å². The molecule has 2 aromatic carbocycles. The number of rotatable bonds is 7. The number of halogens is 1. The molecule has 0 spiro atoms. The Morgan fingerprint density at radius 3 is 2.74 bits per heavy atom. The minimum Gasteiger partial charge on any atom is -0.484 e. The van der Waals surface area contributed by atoms with Gasteiger partial charge in [0.25, 0.3) is 5.91 Å². The van der Waals surface area contributed by atoms with Crippen LogP contribution in [0.5, 0.6) is 5.75 Å². The summed E-state index contributed by atoms with van der Waals surface area (Å²) in [6.07, 6.45) is 0. The van der Waals surface area contributed by atoms with Crippen molar-refractivity contribution in [2.75, 3.05) is 19.8 Å². The Bertz CT molecular complexity index is 993. The molecule has 0 atom stereocenters. The van der Waals surface area contributed by atoms with E-state index in [4.69, 9.17) is 21.1 Å². The number of aromatic nitrogens is 1. The highest BCUT2D eigenvalue weighted by Crippen LogP contribution is 2.22. The van der Waals surface area contributed by atoms with Gasteiger partial charge in [0.2, 0.25) is 0 Å². The van der Waals surface area contributed by atoms with E-state index >= 15 is 0 Å². The van der Waals surface area contributed by atoms with Crippen LogP contribution in [0.4, 0.5) is 0 Å². The fraction of sp³-hybridized carbons (Fsp3) is 0.300. The van der Waals surface area contributed by atoms with Crippen molar-refractivity contribution in [1.29, 1.82) is 0 Å². The molecule has 0 radical (unpaired) electrons. The minimum atomic E-state index is -0.335. The average Bonchev–Trinajstić information content (AvgIpc) is 2.97. The minimum absolute atomic E-state index is 0.108. The van der Waals surface area contributed by atoms with Gasteiger partial charge in [0.05, 0.1) is 16.8 Å². The van der Waals surface area contributed by atoms with Gasteiger partial charge in [-0.05, 0) is 44.2 Å². The lowest BCUT2D eigenvalue weighted by Crippen LogP contribution is -2.21. The van der Waals surface area contributed by atoms with Crippen molar-refractivity contribution in [2.24, 2.45) is 4.99 Å². The molecule has 27 heavy (non-hydrogen) atoms. The Hall–Kier alpha value is -2.15. The second-order valence-corrected chi connectivity index (χ2v) is 7.40. The highest BCUT2D eigenvalue weighted by atomic mass is 35.5. The Balaban J connectivity index is 1.83. The van der Waals surface area contributed by atoms with Gasteiger partial charge in [-0.25, -0.2) is 0 Å². The van der Waals surface area contributed by atoms with E-state index in [1.807, 2.05) is 60.9 Å². The van der Waals surface area contributed by atoms with Gasteiger partial charge in [-0.2, -0.15) is 4.99 Å². The first-order valence-corrected chi connectivity index (χ1v) is 9.90. The van der Waals surface area contributed by atoms with Crippen LogP contribution in [-0.4, -0.2) is 30.3 Å². The quantitative estimate of drug-likeness (QED) is 0.554. The van der Waals surface area contributed by atoms with Gasteiger partial charge in [0.1, 0.15) is 5.75 Å². The standard InChI is InChI=1S/C20H21ClN2O3S/c1-3-25-11-10-23-17-9-6-15(21)12-18(17)27-20(23)22-19(24)13-26-16-7-4-14(2)5-8-16/h4-9,12H,3,10-11,13H2,1-2H3. The van der Waals surface area contributed by atoms with Crippen LogP contribution in [0.2, 0.25) is 5.02 Å². The number of hydrogen-bond donors (Lipinski definition) is 0. The van der Waals surface area contributed by atoms with Crippen LogP contribution in [-0.2, 0) is 16.1 Å². The fourth-order valence-electron chi connectivity index (χ4n) is 2.57. The third-order valence-electron chi connectivity index (χ3n) is 3.91. The summed E-state index contributed by atoms with van der Waals surface area (Å²) in [5.41, 5.74) is 2.12. The highest BCUT2D eigenvalue weighted by Gasteiger charge is 2.09. The van der Waals surface area contributed by atoms with E-state index in [-0.39, 0.29) is 12.5 Å². The SMILES string of the molecule is CCOCCn1c(=NC(=O)COc2ccc(C)cc2)sc2cc(Cl)ccc21.